The molecule has 2 aromatic rings. The number of nitrogens with zero attached hydrogens (tertiary/aromatic N) is 4. The maximum atomic E-state index is 4.25. The summed E-state index contributed by atoms with van der Waals surface area (Å²) in [5.74, 6) is 1.15. The number of rotatable bonds is 3. The lowest BCUT2D eigenvalue weighted by Crippen LogP contribution is -2.08. The van der Waals surface area contributed by atoms with Crippen molar-refractivity contribution in [2.75, 3.05) is 0 Å². The van der Waals surface area contributed by atoms with E-state index in [1.165, 1.54) is 11.4 Å². The molecule has 0 amide bonds. The lowest BCUT2D eigenvalue weighted by Gasteiger charge is -2.12. The van der Waals surface area contributed by atoms with E-state index in [-0.39, 0.29) is 0 Å². The Morgan fingerprint density at radius 3 is 1.27 bits per heavy atom. The molecule has 0 N–H and O–H groups in total. The van der Waals surface area contributed by atoms with Gasteiger partial charge in [-0.25, -0.2) is 0 Å². The van der Waals surface area contributed by atoms with E-state index in [1.807, 2.05) is 71.7 Å². The third-order valence-electron chi connectivity index (χ3n) is 3.23. The molecule has 2 aromatic heterocycles. The maximum absolute atomic E-state index is 4.25. The third kappa shape index (κ3) is 11.1. The minimum atomic E-state index is 0.474. The van der Waals surface area contributed by atoms with Gasteiger partial charge in [0.2, 0.25) is 0 Å². The topological polar surface area (TPSA) is 35.6 Å². The highest BCUT2D eigenvalue weighted by Gasteiger charge is 2.07. The fourth-order valence-corrected chi connectivity index (χ4v) is 2.16. The summed E-state index contributed by atoms with van der Waals surface area (Å²) < 4.78 is 3.98. The highest BCUT2D eigenvalue weighted by Crippen LogP contribution is 2.16. The van der Waals surface area contributed by atoms with E-state index in [9.17, 15) is 0 Å². The standard InChI is InChI=1S/C9H16N2.C7H12N2.3C2H6/c1-7(2)9-5-6-10-11(9)8(3)4;1-6(2)7-4-5-8-9(7)3;3*1-2/h5-8H,1-4H3;4-6H,1-3H3;3*1-2H3. The van der Waals surface area contributed by atoms with Crippen LogP contribution in [0.5, 0.6) is 0 Å². The summed E-state index contributed by atoms with van der Waals surface area (Å²) in [6.07, 6.45) is 3.70. The molecule has 0 bridgehead atoms. The molecule has 0 aliphatic carbocycles. The Morgan fingerprint density at radius 2 is 1.04 bits per heavy atom. The van der Waals surface area contributed by atoms with Crippen LogP contribution in [0.1, 0.15) is 112 Å². The summed E-state index contributed by atoms with van der Waals surface area (Å²) in [6, 6.07) is 4.61. The molecule has 0 aliphatic rings. The fourth-order valence-electron chi connectivity index (χ4n) is 2.16. The van der Waals surface area contributed by atoms with Gasteiger partial charge in [0.15, 0.2) is 0 Å². The first-order valence-corrected chi connectivity index (χ1v) is 10.4. The van der Waals surface area contributed by atoms with E-state index < -0.39 is 0 Å². The van der Waals surface area contributed by atoms with Crippen LogP contribution in [0.2, 0.25) is 0 Å². The highest BCUT2D eigenvalue weighted by molar-refractivity contribution is 5.06. The number of hydrogen-bond donors (Lipinski definition) is 0. The number of aromatic nitrogens is 4. The van der Waals surface area contributed by atoms with Gasteiger partial charge in [-0.05, 0) is 37.8 Å². The minimum Gasteiger partial charge on any atom is -0.272 e. The Hall–Kier alpha value is -1.58. The van der Waals surface area contributed by atoms with Crippen LogP contribution in [0, 0.1) is 0 Å². The smallest absolute Gasteiger partial charge is 0.0492 e. The Morgan fingerprint density at radius 1 is 0.654 bits per heavy atom. The molecule has 0 aliphatic heterocycles. The largest absolute Gasteiger partial charge is 0.272 e. The predicted octanol–water partition coefficient (Wildman–Crippen LogP) is 7.21. The Labute approximate surface area is 164 Å². The van der Waals surface area contributed by atoms with Crippen molar-refractivity contribution >= 4 is 0 Å². The van der Waals surface area contributed by atoms with Gasteiger partial charge in [0.1, 0.15) is 0 Å². The van der Waals surface area contributed by atoms with Gasteiger partial charge in [-0.2, -0.15) is 10.2 Å². The van der Waals surface area contributed by atoms with Gasteiger partial charge >= 0.3 is 0 Å². The average Bonchev–Trinajstić information content (AvgIpc) is 3.30. The molecule has 26 heavy (non-hydrogen) atoms. The second-order valence-corrected chi connectivity index (χ2v) is 5.98. The van der Waals surface area contributed by atoms with Crippen molar-refractivity contribution < 1.29 is 0 Å². The third-order valence-corrected chi connectivity index (χ3v) is 3.23. The second-order valence-electron chi connectivity index (χ2n) is 5.98. The van der Waals surface area contributed by atoms with Gasteiger partial charge in [-0.1, -0.05) is 69.2 Å². The van der Waals surface area contributed by atoms with Crippen LogP contribution >= 0.6 is 0 Å². The molecule has 4 heteroatoms. The summed E-state index contributed by atoms with van der Waals surface area (Å²) in [4.78, 5) is 0. The van der Waals surface area contributed by atoms with Crippen LogP contribution in [0.4, 0.5) is 0 Å². The van der Waals surface area contributed by atoms with Crippen LogP contribution < -0.4 is 0 Å². The zero-order valence-corrected chi connectivity index (χ0v) is 19.8. The van der Waals surface area contributed by atoms with E-state index >= 15 is 0 Å². The predicted molar refractivity (Wildman–Crippen MR) is 118 cm³/mol. The molecule has 0 spiro atoms. The molecule has 0 atom stereocenters. The van der Waals surface area contributed by atoms with Crippen molar-refractivity contribution in [1.29, 1.82) is 0 Å². The van der Waals surface area contributed by atoms with Crippen molar-refractivity contribution in [2.45, 2.75) is 101 Å². The van der Waals surface area contributed by atoms with E-state index in [2.05, 4.69) is 62.5 Å². The van der Waals surface area contributed by atoms with Gasteiger partial charge in [0, 0.05) is 36.9 Å². The average molecular weight is 367 g/mol. The van der Waals surface area contributed by atoms with E-state index in [0.717, 1.165) is 0 Å². The molecule has 2 heterocycles. The molecule has 0 aromatic carbocycles. The van der Waals surface area contributed by atoms with Crippen molar-refractivity contribution in [3.8, 4) is 0 Å². The normalized spacial score (nSPS) is 9.23. The first-order valence-electron chi connectivity index (χ1n) is 10.4. The van der Waals surface area contributed by atoms with Gasteiger partial charge in [-0.15, -0.1) is 0 Å². The number of hydrogen-bond acceptors (Lipinski definition) is 2. The Bertz CT molecular complexity index is 485. The zero-order chi connectivity index (χ0) is 21.3. The van der Waals surface area contributed by atoms with Gasteiger partial charge < -0.3 is 0 Å². The second kappa shape index (κ2) is 18.2. The fraction of sp³-hybridized carbons (Fsp3) is 0.727. The number of aryl methyl sites for hydroxylation is 1. The molecule has 4 nitrogen and oxygen atoms in total. The van der Waals surface area contributed by atoms with Gasteiger partial charge in [0.25, 0.3) is 0 Å². The Balaban J connectivity index is -0.000000319. The molecular formula is C22H46N4. The first kappa shape index (κ1) is 29.2. The van der Waals surface area contributed by atoms with Gasteiger partial charge in [-0.3, -0.25) is 9.36 Å². The molecule has 0 radical (unpaired) electrons. The molecule has 0 unspecified atom stereocenters. The Kier molecular flexibility index (Phi) is 20.5. The SMILES string of the molecule is CC.CC.CC.CC(C)c1ccnn1C.CC(C)c1ccnn1C(C)C. The molecule has 0 saturated heterocycles. The summed E-state index contributed by atoms with van der Waals surface area (Å²) in [5, 5.41) is 8.31. The van der Waals surface area contributed by atoms with Crippen LogP contribution in [0.3, 0.4) is 0 Å². The van der Waals surface area contributed by atoms with E-state index in [4.69, 9.17) is 0 Å². The lowest BCUT2D eigenvalue weighted by molar-refractivity contribution is 0.498. The molecular weight excluding hydrogens is 320 g/mol. The summed E-state index contributed by atoms with van der Waals surface area (Å²) in [5.41, 5.74) is 2.61. The molecule has 0 fully saturated rings. The van der Waals surface area contributed by atoms with Crippen LogP contribution in [0.25, 0.3) is 0 Å². The summed E-state index contributed by atoms with van der Waals surface area (Å²) >= 11 is 0. The van der Waals surface area contributed by atoms with Gasteiger partial charge in [0.05, 0.1) is 0 Å². The van der Waals surface area contributed by atoms with Crippen LogP contribution in [-0.2, 0) is 7.05 Å². The first-order chi connectivity index (χ1) is 12.3. The van der Waals surface area contributed by atoms with Crippen molar-refractivity contribution in [3.63, 3.8) is 0 Å². The minimum absolute atomic E-state index is 0.474. The summed E-state index contributed by atoms with van der Waals surface area (Å²) in [6.45, 7) is 25.0. The molecule has 2 rings (SSSR count). The molecule has 0 saturated carbocycles. The van der Waals surface area contributed by atoms with Crippen LogP contribution in [0.15, 0.2) is 24.5 Å². The lowest BCUT2D eigenvalue weighted by atomic mass is 10.1. The summed E-state index contributed by atoms with van der Waals surface area (Å²) in [7, 11) is 1.97. The van der Waals surface area contributed by atoms with E-state index in [1.54, 1.807) is 0 Å². The van der Waals surface area contributed by atoms with Crippen molar-refractivity contribution in [1.82, 2.24) is 19.6 Å². The van der Waals surface area contributed by atoms with Crippen LogP contribution in [-0.4, -0.2) is 19.6 Å². The molecule has 154 valence electrons. The maximum Gasteiger partial charge on any atom is 0.0492 e. The van der Waals surface area contributed by atoms with Crippen molar-refractivity contribution in [2.24, 2.45) is 7.05 Å². The van der Waals surface area contributed by atoms with E-state index in [0.29, 0.717) is 17.9 Å². The zero-order valence-electron chi connectivity index (χ0n) is 19.8. The highest BCUT2D eigenvalue weighted by atomic mass is 15.3. The van der Waals surface area contributed by atoms with Crippen molar-refractivity contribution in [3.05, 3.63) is 35.9 Å². The quantitative estimate of drug-likeness (QED) is 0.575. The monoisotopic (exact) mass is 366 g/mol.